The van der Waals surface area contributed by atoms with E-state index in [9.17, 15) is 4.79 Å². The molecule has 2 N–H and O–H groups in total. The highest BCUT2D eigenvalue weighted by molar-refractivity contribution is 6.04. The van der Waals surface area contributed by atoms with Crippen LogP contribution in [0.1, 0.15) is 10.4 Å². The number of amides is 1. The predicted molar refractivity (Wildman–Crippen MR) is 118 cm³/mol. The molecule has 0 aliphatic rings. The number of nitrogens with zero attached hydrogens (tertiary/aromatic N) is 1. The molecule has 0 fully saturated rings. The molecule has 0 spiro atoms. The van der Waals surface area contributed by atoms with E-state index < -0.39 is 0 Å². The Morgan fingerprint density at radius 3 is 2.63 bits per heavy atom. The topological polar surface area (TPSA) is 76.2 Å². The van der Waals surface area contributed by atoms with Crippen LogP contribution in [0.3, 0.4) is 0 Å². The van der Waals surface area contributed by atoms with Crippen molar-refractivity contribution in [3.8, 4) is 22.9 Å². The van der Waals surface area contributed by atoms with Crippen molar-refractivity contribution >= 4 is 22.6 Å². The number of aromatic nitrogens is 2. The van der Waals surface area contributed by atoms with Crippen LogP contribution in [0, 0.1) is 0 Å². The maximum atomic E-state index is 12.6. The predicted octanol–water partition coefficient (Wildman–Crippen LogP) is 5.06. The molecule has 1 amide bonds. The van der Waals surface area contributed by atoms with Gasteiger partial charge in [-0.1, -0.05) is 24.8 Å². The van der Waals surface area contributed by atoms with Gasteiger partial charge < -0.3 is 19.8 Å². The Kier molecular flexibility index (Phi) is 5.48. The van der Waals surface area contributed by atoms with Gasteiger partial charge in [-0.05, 0) is 54.6 Å². The number of nitrogens with one attached hydrogen (secondary N) is 2. The van der Waals surface area contributed by atoms with E-state index in [1.165, 1.54) is 7.11 Å². The number of anilines is 1. The number of benzene rings is 3. The van der Waals surface area contributed by atoms with E-state index in [2.05, 4.69) is 21.9 Å². The molecule has 1 aromatic heterocycles. The summed E-state index contributed by atoms with van der Waals surface area (Å²) in [6.07, 6.45) is 1.65. The molecule has 0 bridgehead atoms. The van der Waals surface area contributed by atoms with Crippen LogP contribution in [0.4, 0.5) is 5.69 Å². The average Bonchev–Trinajstić information content (AvgIpc) is 3.22. The Balaban J connectivity index is 1.49. The average molecular weight is 399 g/mol. The normalized spacial score (nSPS) is 10.6. The minimum atomic E-state index is -0.236. The van der Waals surface area contributed by atoms with Gasteiger partial charge >= 0.3 is 0 Å². The highest BCUT2D eigenvalue weighted by atomic mass is 16.5. The number of H-pyrrole nitrogens is 1. The molecular formula is C24H21N3O3. The van der Waals surface area contributed by atoms with Crippen molar-refractivity contribution in [2.75, 3.05) is 19.0 Å². The van der Waals surface area contributed by atoms with Crippen molar-refractivity contribution in [2.24, 2.45) is 0 Å². The van der Waals surface area contributed by atoms with Gasteiger partial charge in [0.15, 0.2) is 11.5 Å². The number of aromatic amines is 1. The van der Waals surface area contributed by atoms with Gasteiger partial charge in [-0.2, -0.15) is 0 Å². The fourth-order valence-corrected chi connectivity index (χ4v) is 3.08. The first-order chi connectivity index (χ1) is 14.7. The number of hydrogen-bond donors (Lipinski definition) is 2. The maximum absolute atomic E-state index is 12.6. The van der Waals surface area contributed by atoms with Crippen molar-refractivity contribution in [2.45, 2.75) is 0 Å². The zero-order valence-electron chi connectivity index (χ0n) is 16.5. The van der Waals surface area contributed by atoms with Crippen LogP contribution in [0.5, 0.6) is 11.5 Å². The molecule has 150 valence electrons. The summed E-state index contributed by atoms with van der Waals surface area (Å²) < 4.78 is 10.8. The lowest BCUT2D eigenvalue weighted by molar-refractivity contribution is 0.102. The fraction of sp³-hybridized carbons (Fsp3) is 0.0833. The molecule has 0 aliphatic heterocycles. The van der Waals surface area contributed by atoms with Crippen LogP contribution in [-0.2, 0) is 0 Å². The lowest BCUT2D eigenvalue weighted by Crippen LogP contribution is -2.12. The second kappa shape index (κ2) is 8.53. The molecule has 3 aromatic carbocycles. The molecule has 0 atom stereocenters. The van der Waals surface area contributed by atoms with Crippen LogP contribution in [0.15, 0.2) is 79.4 Å². The van der Waals surface area contributed by atoms with E-state index in [0.717, 1.165) is 22.4 Å². The van der Waals surface area contributed by atoms with Crippen LogP contribution in [-0.4, -0.2) is 29.6 Å². The number of carbonyl (C=O) groups excluding carboxylic acids is 1. The van der Waals surface area contributed by atoms with E-state index in [1.807, 2.05) is 48.5 Å². The summed E-state index contributed by atoms with van der Waals surface area (Å²) in [6, 6.07) is 20.5. The molecule has 6 nitrogen and oxygen atoms in total. The molecule has 6 heteroatoms. The fourth-order valence-electron chi connectivity index (χ4n) is 3.08. The number of hydrogen-bond acceptors (Lipinski definition) is 4. The molecule has 0 radical (unpaired) electrons. The summed E-state index contributed by atoms with van der Waals surface area (Å²) in [6.45, 7) is 3.99. The second-order valence-electron chi connectivity index (χ2n) is 6.60. The summed E-state index contributed by atoms with van der Waals surface area (Å²) in [5.74, 6) is 1.60. The van der Waals surface area contributed by atoms with Crippen molar-refractivity contribution in [1.82, 2.24) is 9.97 Å². The van der Waals surface area contributed by atoms with Crippen LogP contribution in [0.25, 0.3) is 22.4 Å². The maximum Gasteiger partial charge on any atom is 0.255 e. The zero-order chi connectivity index (χ0) is 20.9. The monoisotopic (exact) mass is 399 g/mol. The quantitative estimate of drug-likeness (QED) is 0.426. The lowest BCUT2D eigenvalue weighted by atomic mass is 10.1. The number of para-hydroxylation sites is 2. The van der Waals surface area contributed by atoms with Crippen molar-refractivity contribution in [3.63, 3.8) is 0 Å². The Morgan fingerprint density at radius 1 is 1.10 bits per heavy atom. The van der Waals surface area contributed by atoms with Gasteiger partial charge in [0.2, 0.25) is 0 Å². The van der Waals surface area contributed by atoms with Gasteiger partial charge in [0, 0.05) is 16.8 Å². The number of ether oxygens (including phenoxy) is 2. The third-order valence-electron chi connectivity index (χ3n) is 4.59. The van der Waals surface area contributed by atoms with E-state index in [0.29, 0.717) is 29.4 Å². The number of methoxy groups -OCH3 is 1. The number of imidazole rings is 1. The van der Waals surface area contributed by atoms with Crippen LogP contribution < -0.4 is 14.8 Å². The van der Waals surface area contributed by atoms with Crippen molar-refractivity contribution in [1.29, 1.82) is 0 Å². The van der Waals surface area contributed by atoms with E-state index in [4.69, 9.17) is 9.47 Å². The molecular weight excluding hydrogens is 378 g/mol. The van der Waals surface area contributed by atoms with Crippen LogP contribution in [0.2, 0.25) is 0 Å². The SMILES string of the molecule is C=CCOc1ccc(C(=O)Nc2ccc(-c3nc4ccccc4[nH]3)cc2)cc1OC. The first-order valence-electron chi connectivity index (χ1n) is 9.46. The van der Waals surface area contributed by atoms with Gasteiger partial charge in [-0.15, -0.1) is 0 Å². The molecule has 0 aliphatic carbocycles. The van der Waals surface area contributed by atoms with E-state index in [-0.39, 0.29) is 5.91 Å². The van der Waals surface area contributed by atoms with Crippen molar-refractivity contribution < 1.29 is 14.3 Å². The van der Waals surface area contributed by atoms with Gasteiger partial charge in [0.25, 0.3) is 5.91 Å². The third kappa shape index (κ3) is 4.03. The Morgan fingerprint density at radius 2 is 1.90 bits per heavy atom. The largest absolute Gasteiger partial charge is 0.493 e. The highest BCUT2D eigenvalue weighted by Crippen LogP contribution is 2.28. The number of fused-ring (bicyclic) bond motifs is 1. The van der Waals surface area contributed by atoms with Gasteiger partial charge in [0.05, 0.1) is 18.1 Å². The first kappa shape index (κ1) is 19.3. The number of carbonyl (C=O) groups is 1. The van der Waals surface area contributed by atoms with Gasteiger partial charge in [-0.25, -0.2) is 4.98 Å². The van der Waals surface area contributed by atoms with E-state index in [1.54, 1.807) is 24.3 Å². The molecule has 0 unspecified atom stereocenters. The standard InChI is InChI=1S/C24H21N3O3/c1-3-14-30-21-13-10-17(15-22(21)29-2)24(28)25-18-11-8-16(9-12-18)23-26-19-6-4-5-7-20(19)27-23/h3-13,15H,1,14H2,2H3,(H,25,28)(H,26,27). The molecule has 4 rings (SSSR count). The van der Waals surface area contributed by atoms with Gasteiger partial charge in [0.1, 0.15) is 12.4 Å². The summed E-state index contributed by atoms with van der Waals surface area (Å²) >= 11 is 0. The third-order valence-corrected chi connectivity index (χ3v) is 4.59. The number of rotatable bonds is 7. The molecule has 0 saturated heterocycles. The van der Waals surface area contributed by atoms with Crippen LogP contribution >= 0.6 is 0 Å². The smallest absolute Gasteiger partial charge is 0.255 e. The molecule has 30 heavy (non-hydrogen) atoms. The van der Waals surface area contributed by atoms with Crippen molar-refractivity contribution in [3.05, 3.63) is 84.9 Å². The molecule has 0 saturated carbocycles. The summed E-state index contributed by atoms with van der Waals surface area (Å²) in [5, 5.41) is 2.90. The minimum Gasteiger partial charge on any atom is -0.493 e. The van der Waals surface area contributed by atoms with E-state index >= 15 is 0 Å². The second-order valence-corrected chi connectivity index (χ2v) is 6.60. The molecule has 1 heterocycles. The summed E-state index contributed by atoms with van der Waals surface area (Å²) in [7, 11) is 1.54. The zero-order valence-corrected chi connectivity index (χ0v) is 16.5. The summed E-state index contributed by atoms with van der Waals surface area (Å²) in [4.78, 5) is 20.5. The summed E-state index contributed by atoms with van der Waals surface area (Å²) in [5.41, 5.74) is 4.00. The highest BCUT2D eigenvalue weighted by Gasteiger charge is 2.12. The molecule has 4 aromatic rings. The first-order valence-corrected chi connectivity index (χ1v) is 9.46. The minimum absolute atomic E-state index is 0.236. The van der Waals surface area contributed by atoms with Gasteiger partial charge in [-0.3, -0.25) is 4.79 Å². The Bertz CT molecular complexity index is 1160. The Hall–Kier alpha value is -4.06. The Labute approximate surface area is 174 Å². The lowest BCUT2D eigenvalue weighted by Gasteiger charge is -2.11.